The molecule has 0 amide bonds. The topological polar surface area (TPSA) is 88.8 Å². The van der Waals surface area contributed by atoms with E-state index in [1.54, 1.807) is 7.05 Å². The Morgan fingerprint density at radius 2 is 2.18 bits per heavy atom. The number of aliphatic imine (C=N–C) groups is 1. The number of ether oxygens (including phenoxy) is 1. The van der Waals surface area contributed by atoms with Gasteiger partial charge >= 0.3 is 5.97 Å². The number of esters is 1. The van der Waals surface area contributed by atoms with Gasteiger partial charge in [0, 0.05) is 26.1 Å². The van der Waals surface area contributed by atoms with Gasteiger partial charge in [-0.3, -0.25) is 9.79 Å². The van der Waals surface area contributed by atoms with Gasteiger partial charge in [-0.05, 0) is 18.8 Å². The number of methoxy groups -OCH3 is 1. The molecule has 0 unspecified atom stereocenters. The summed E-state index contributed by atoms with van der Waals surface area (Å²) in [5.74, 6) is 1.65. The number of nitrogens with one attached hydrogen (secondary N) is 2. The molecule has 1 rings (SSSR count). The van der Waals surface area contributed by atoms with Crippen molar-refractivity contribution >= 4 is 11.9 Å². The number of carbonyl (C=O) groups is 1. The van der Waals surface area contributed by atoms with E-state index in [0.29, 0.717) is 24.8 Å². The molecule has 1 aromatic heterocycles. The number of carbonyl (C=O) groups excluding carboxylic acids is 1. The van der Waals surface area contributed by atoms with Gasteiger partial charge in [0.25, 0.3) is 0 Å². The number of hydrogen-bond acceptors (Lipinski definition) is 5. The fraction of sp³-hybridized carbons (Fsp3) is 0.667. The van der Waals surface area contributed by atoms with Gasteiger partial charge in [-0.15, -0.1) is 0 Å². The maximum Gasteiger partial charge on any atom is 0.305 e. The van der Waals surface area contributed by atoms with Gasteiger partial charge in [0.1, 0.15) is 0 Å². The molecule has 0 bridgehead atoms. The third-order valence-electron chi connectivity index (χ3n) is 3.15. The van der Waals surface area contributed by atoms with Crippen molar-refractivity contribution in [3.63, 3.8) is 0 Å². The SMILES string of the molecule is CN=C(NCCCCC(=O)OC)NCc1cc(C(C)C)no1. The van der Waals surface area contributed by atoms with Crippen LogP contribution in [0.25, 0.3) is 0 Å². The Bertz CT molecular complexity index is 483. The molecule has 7 nitrogen and oxygen atoms in total. The maximum atomic E-state index is 11.0. The van der Waals surface area contributed by atoms with Gasteiger partial charge in [-0.25, -0.2) is 0 Å². The Kier molecular flexibility index (Phi) is 8.03. The predicted octanol–water partition coefficient (Wildman–Crippen LogP) is 1.81. The molecule has 0 aliphatic carbocycles. The summed E-state index contributed by atoms with van der Waals surface area (Å²) in [6, 6.07) is 1.95. The fourth-order valence-electron chi connectivity index (χ4n) is 1.78. The number of nitrogens with zero attached hydrogens (tertiary/aromatic N) is 2. The van der Waals surface area contributed by atoms with Crippen LogP contribution in [-0.4, -0.2) is 37.8 Å². The fourth-order valence-corrected chi connectivity index (χ4v) is 1.78. The third kappa shape index (κ3) is 6.60. The van der Waals surface area contributed by atoms with Crippen LogP contribution in [0.5, 0.6) is 0 Å². The van der Waals surface area contributed by atoms with Crippen molar-refractivity contribution in [1.29, 1.82) is 0 Å². The summed E-state index contributed by atoms with van der Waals surface area (Å²) in [5, 5.41) is 10.4. The van der Waals surface area contributed by atoms with Crippen molar-refractivity contribution in [3.8, 4) is 0 Å². The molecular formula is C15H26N4O3. The Balaban J connectivity index is 2.23. The summed E-state index contributed by atoms with van der Waals surface area (Å²) < 4.78 is 9.85. The molecule has 0 saturated heterocycles. The van der Waals surface area contributed by atoms with E-state index in [-0.39, 0.29) is 5.97 Å². The maximum absolute atomic E-state index is 11.0. The lowest BCUT2D eigenvalue weighted by Crippen LogP contribution is -2.37. The first-order valence-electron chi connectivity index (χ1n) is 7.53. The minimum atomic E-state index is -0.172. The summed E-state index contributed by atoms with van der Waals surface area (Å²) in [5.41, 5.74) is 0.947. The zero-order valence-corrected chi connectivity index (χ0v) is 13.8. The monoisotopic (exact) mass is 310 g/mol. The first-order chi connectivity index (χ1) is 10.6. The molecule has 1 heterocycles. The van der Waals surface area contributed by atoms with Gasteiger partial charge in [0.05, 0.1) is 19.3 Å². The zero-order chi connectivity index (χ0) is 16.4. The van der Waals surface area contributed by atoms with E-state index in [1.165, 1.54) is 7.11 Å². The standard InChI is InChI=1S/C15H26N4O3/c1-11(2)13-9-12(22-19-13)10-18-15(16-3)17-8-6-5-7-14(20)21-4/h9,11H,5-8,10H2,1-4H3,(H2,16,17,18). The molecule has 124 valence electrons. The summed E-state index contributed by atoms with van der Waals surface area (Å²) >= 11 is 0. The van der Waals surface area contributed by atoms with E-state index in [0.717, 1.165) is 30.8 Å². The smallest absolute Gasteiger partial charge is 0.305 e. The minimum absolute atomic E-state index is 0.172. The molecule has 7 heteroatoms. The van der Waals surface area contributed by atoms with Crippen LogP contribution in [0.4, 0.5) is 0 Å². The van der Waals surface area contributed by atoms with Crippen LogP contribution in [0.1, 0.15) is 50.5 Å². The molecule has 0 radical (unpaired) electrons. The molecule has 0 saturated carbocycles. The largest absolute Gasteiger partial charge is 0.469 e. The molecule has 2 N–H and O–H groups in total. The van der Waals surface area contributed by atoms with E-state index in [1.807, 2.05) is 6.07 Å². The second-order valence-electron chi connectivity index (χ2n) is 5.26. The van der Waals surface area contributed by atoms with Crippen molar-refractivity contribution < 1.29 is 14.1 Å². The third-order valence-corrected chi connectivity index (χ3v) is 3.15. The number of rotatable bonds is 8. The second kappa shape index (κ2) is 9.81. The van der Waals surface area contributed by atoms with E-state index in [9.17, 15) is 4.79 Å². The second-order valence-corrected chi connectivity index (χ2v) is 5.26. The molecule has 0 aliphatic heterocycles. The van der Waals surface area contributed by atoms with Crippen molar-refractivity contribution in [1.82, 2.24) is 15.8 Å². The van der Waals surface area contributed by atoms with Crippen LogP contribution < -0.4 is 10.6 Å². The molecule has 0 spiro atoms. The average Bonchev–Trinajstić information content (AvgIpc) is 2.98. The number of hydrogen-bond donors (Lipinski definition) is 2. The van der Waals surface area contributed by atoms with Crippen LogP contribution in [0.2, 0.25) is 0 Å². The summed E-state index contributed by atoms with van der Waals surface area (Å²) in [4.78, 5) is 15.1. The number of unbranched alkanes of at least 4 members (excludes halogenated alkanes) is 1. The first-order valence-corrected chi connectivity index (χ1v) is 7.53. The number of aromatic nitrogens is 1. The van der Waals surface area contributed by atoms with Crippen LogP contribution in [0, 0.1) is 0 Å². The average molecular weight is 310 g/mol. The van der Waals surface area contributed by atoms with Crippen LogP contribution in [0.15, 0.2) is 15.6 Å². The van der Waals surface area contributed by atoms with Gasteiger partial charge in [0.2, 0.25) is 0 Å². The normalized spacial score (nSPS) is 11.6. The van der Waals surface area contributed by atoms with Crippen LogP contribution >= 0.6 is 0 Å². The quantitative estimate of drug-likeness (QED) is 0.329. The molecule has 0 fully saturated rings. The molecule has 0 aromatic carbocycles. The van der Waals surface area contributed by atoms with E-state index >= 15 is 0 Å². The summed E-state index contributed by atoms with van der Waals surface area (Å²) in [7, 11) is 3.12. The lowest BCUT2D eigenvalue weighted by Gasteiger charge is -2.10. The highest BCUT2D eigenvalue weighted by Gasteiger charge is 2.08. The van der Waals surface area contributed by atoms with Crippen molar-refractivity contribution in [2.24, 2.45) is 4.99 Å². The Hall–Kier alpha value is -2.05. The molecule has 1 aromatic rings. The molecular weight excluding hydrogens is 284 g/mol. The highest BCUT2D eigenvalue weighted by atomic mass is 16.5. The van der Waals surface area contributed by atoms with Gasteiger partial charge in [0.15, 0.2) is 11.7 Å². The summed E-state index contributed by atoms with van der Waals surface area (Å²) in [6.45, 7) is 5.42. The Labute approximate surface area is 131 Å². The molecule has 22 heavy (non-hydrogen) atoms. The van der Waals surface area contributed by atoms with Gasteiger partial charge in [-0.2, -0.15) is 0 Å². The summed E-state index contributed by atoms with van der Waals surface area (Å²) in [6.07, 6.45) is 2.10. The van der Waals surface area contributed by atoms with Crippen molar-refractivity contribution in [2.75, 3.05) is 20.7 Å². The molecule has 0 aliphatic rings. The van der Waals surface area contributed by atoms with E-state index in [2.05, 4.69) is 39.4 Å². The minimum Gasteiger partial charge on any atom is -0.469 e. The van der Waals surface area contributed by atoms with Gasteiger partial charge < -0.3 is 19.9 Å². The number of guanidine groups is 1. The highest BCUT2D eigenvalue weighted by Crippen LogP contribution is 2.13. The Morgan fingerprint density at radius 1 is 1.41 bits per heavy atom. The zero-order valence-electron chi connectivity index (χ0n) is 13.8. The van der Waals surface area contributed by atoms with Crippen LogP contribution in [-0.2, 0) is 16.1 Å². The predicted molar refractivity (Wildman–Crippen MR) is 84.7 cm³/mol. The lowest BCUT2D eigenvalue weighted by molar-refractivity contribution is -0.140. The Morgan fingerprint density at radius 3 is 2.77 bits per heavy atom. The van der Waals surface area contributed by atoms with E-state index in [4.69, 9.17) is 4.52 Å². The van der Waals surface area contributed by atoms with Crippen molar-refractivity contribution in [3.05, 3.63) is 17.5 Å². The van der Waals surface area contributed by atoms with E-state index < -0.39 is 0 Å². The van der Waals surface area contributed by atoms with Crippen LogP contribution in [0.3, 0.4) is 0 Å². The molecule has 0 atom stereocenters. The lowest BCUT2D eigenvalue weighted by atomic mass is 10.1. The van der Waals surface area contributed by atoms with Crippen molar-refractivity contribution in [2.45, 2.75) is 45.6 Å². The van der Waals surface area contributed by atoms with Gasteiger partial charge in [-0.1, -0.05) is 19.0 Å². The first kappa shape index (κ1) is 18.0. The highest BCUT2D eigenvalue weighted by molar-refractivity contribution is 5.79.